The van der Waals surface area contributed by atoms with Crippen molar-refractivity contribution in [1.82, 2.24) is 15.3 Å². The number of aryl methyl sites for hydroxylation is 1. The highest BCUT2D eigenvalue weighted by Gasteiger charge is 2.06. The Kier molecular flexibility index (Phi) is 3.55. The second kappa shape index (κ2) is 5.30. The number of H-pyrrole nitrogens is 1. The van der Waals surface area contributed by atoms with E-state index in [4.69, 9.17) is 0 Å². The van der Waals surface area contributed by atoms with Crippen molar-refractivity contribution in [1.29, 1.82) is 0 Å². The average Bonchev–Trinajstić information content (AvgIpc) is 2.77. The number of carbonyl (C=O) groups excluding carboxylic acids is 1. The van der Waals surface area contributed by atoms with E-state index in [2.05, 4.69) is 15.3 Å². The van der Waals surface area contributed by atoms with E-state index in [-0.39, 0.29) is 5.91 Å². The van der Waals surface area contributed by atoms with Gasteiger partial charge in [0.25, 0.3) is 5.91 Å². The van der Waals surface area contributed by atoms with Crippen LogP contribution in [-0.2, 0) is 6.42 Å². The smallest absolute Gasteiger partial charge is 0.269 e. The van der Waals surface area contributed by atoms with Crippen molar-refractivity contribution in [2.45, 2.75) is 13.3 Å². The molecule has 0 aliphatic carbocycles. The van der Waals surface area contributed by atoms with Crippen molar-refractivity contribution in [2.75, 3.05) is 6.54 Å². The molecule has 0 bridgehead atoms. The minimum absolute atomic E-state index is 0.110. The van der Waals surface area contributed by atoms with Gasteiger partial charge in [-0.2, -0.15) is 0 Å². The summed E-state index contributed by atoms with van der Waals surface area (Å²) < 4.78 is 0. The molecule has 2 rings (SSSR count). The van der Waals surface area contributed by atoms with Gasteiger partial charge in [-0.1, -0.05) is 30.3 Å². The van der Waals surface area contributed by atoms with Crippen LogP contribution in [0.15, 0.2) is 36.5 Å². The van der Waals surface area contributed by atoms with Gasteiger partial charge in [-0.15, -0.1) is 0 Å². The summed E-state index contributed by atoms with van der Waals surface area (Å²) in [5, 5.41) is 2.85. The molecule has 0 aliphatic rings. The molecule has 0 atom stereocenters. The Morgan fingerprint density at radius 2 is 2.12 bits per heavy atom. The average molecular weight is 229 g/mol. The highest BCUT2D eigenvalue weighted by Crippen LogP contribution is 1.99. The zero-order chi connectivity index (χ0) is 12.1. The van der Waals surface area contributed by atoms with Crippen molar-refractivity contribution in [3.8, 4) is 0 Å². The largest absolute Gasteiger partial charge is 0.350 e. The van der Waals surface area contributed by atoms with Gasteiger partial charge in [0.05, 0.1) is 6.20 Å². The van der Waals surface area contributed by atoms with Gasteiger partial charge < -0.3 is 10.3 Å². The third-order valence-electron chi connectivity index (χ3n) is 2.49. The van der Waals surface area contributed by atoms with Crippen LogP contribution in [0.4, 0.5) is 0 Å². The highest BCUT2D eigenvalue weighted by molar-refractivity contribution is 5.92. The summed E-state index contributed by atoms with van der Waals surface area (Å²) in [5.41, 5.74) is 1.73. The number of nitrogens with one attached hydrogen (secondary N) is 2. The molecule has 2 N–H and O–H groups in total. The number of hydrogen-bond donors (Lipinski definition) is 2. The quantitative estimate of drug-likeness (QED) is 0.838. The Bertz CT molecular complexity index is 490. The van der Waals surface area contributed by atoms with E-state index < -0.39 is 0 Å². The molecule has 4 nitrogen and oxygen atoms in total. The van der Waals surface area contributed by atoms with E-state index in [9.17, 15) is 4.79 Å². The minimum Gasteiger partial charge on any atom is -0.350 e. The van der Waals surface area contributed by atoms with E-state index in [1.807, 2.05) is 37.3 Å². The van der Waals surface area contributed by atoms with Crippen molar-refractivity contribution >= 4 is 5.91 Å². The SMILES string of the molecule is Cc1ncc(C(=O)NCCc2ccccc2)[nH]1. The summed E-state index contributed by atoms with van der Waals surface area (Å²) in [7, 11) is 0. The predicted molar refractivity (Wildman–Crippen MR) is 65.8 cm³/mol. The molecule has 0 fully saturated rings. The van der Waals surface area contributed by atoms with Crippen molar-refractivity contribution in [2.24, 2.45) is 0 Å². The maximum Gasteiger partial charge on any atom is 0.269 e. The lowest BCUT2D eigenvalue weighted by Crippen LogP contribution is -2.25. The Labute approximate surface area is 100 Å². The van der Waals surface area contributed by atoms with Gasteiger partial charge >= 0.3 is 0 Å². The molecule has 1 aromatic heterocycles. The van der Waals surface area contributed by atoms with E-state index in [0.717, 1.165) is 12.2 Å². The third-order valence-corrected chi connectivity index (χ3v) is 2.49. The van der Waals surface area contributed by atoms with Gasteiger partial charge in [0.1, 0.15) is 11.5 Å². The van der Waals surface area contributed by atoms with Crippen molar-refractivity contribution < 1.29 is 4.79 Å². The second-order valence-corrected chi connectivity index (χ2v) is 3.87. The van der Waals surface area contributed by atoms with E-state index in [1.165, 1.54) is 5.56 Å². The summed E-state index contributed by atoms with van der Waals surface area (Å²) in [6, 6.07) is 10.1. The third kappa shape index (κ3) is 3.17. The zero-order valence-electron chi connectivity index (χ0n) is 9.73. The van der Waals surface area contributed by atoms with Crippen molar-refractivity contribution in [3.63, 3.8) is 0 Å². The van der Waals surface area contributed by atoms with Gasteiger partial charge in [0.2, 0.25) is 0 Å². The first-order chi connectivity index (χ1) is 8.25. The Morgan fingerprint density at radius 1 is 1.35 bits per heavy atom. The molecule has 0 saturated heterocycles. The minimum atomic E-state index is -0.110. The number of amides is 1. The summed E-state index contributed by atoms with van der Waals surface area (Å²) in [6.07, 6.45) is 2.38. The summed E-state index contributed by atoms with van der Waals surface area (Å²) >= 11 is 0. The van der Waals surface area contributed by atoms with Crippen LogP contribution in [0.3, 0.4) is 0 Å². The topological polar surface area (TPSA) is 57.8 Å². The number of carbonyl (C=O) groups is 1. The second-order valence-electron chi connectivity index (χ2n) is 3.87. The van der Waals surface area contributed by atoms with Crippen LogP contribution >= 0.6 is 0 Å². The molecular formula is C13H15N3O. The summed E-state index contributed by atoms with van der Waals surface area (Å²) in [4.78, 5) is 18.6. The molecule has 0 saturated carbocycles. The van der Waals surface area contributed by atoms with Crippen LogP contribution in [-0.4, -0.2) is 22.4 Å². The number of benzene rings is 1. The fourth-order valence-corrected chi connectivity index (χ4v) is 1.60. The van der Waals surface area contributed by atoms with Crippen molar-refractivity contribution in [3.05, 3.63) is 53.6 Å². The van der Waals surface area contributed by atoms with Crippen LogP contribution in [0.25, 0.3) is 0 Å². The first-order valence-corrected chi connectivity index (χ1v) is 5.59. The summed E-state index contributed by atoms with van der Waals surface area (Å²) in [5.74, 6) is 0.639. The predicted octanol–water partition coefficient (Wildman–Crippen LogP) is 1.69. The maximum absolute atomic E-state index is 11.7. The zero-order valence-corrected chi connectivity index (χ0v) is 9.73. The molecule has 88 valence electrons. The normalized spacial score (nSPS) is 10.2. The lowest BCUT2D eigenvalue weighted by Gasteiger charge is -2.03. The Balaban J connectivity index is 1.81. The van der Waals surface area contributed by atoms with Gasteiger partial charge in [-0.05, 0) is 18.9 Å². The Morgan fingerprint density at radius 3 is 2.76 bits per heavy atom. The summed E-state index contributed by atoms with van der Waals surface area (Å²) in [6.45, 7) is 2.45. The molecule has 17 heavy (non-hydrogen) atoms. The molecule has 1 heterocycles. The molecule has 0 aliphatic heterocycles. The fourth-order valence-electron chi connectivity index (χ4n) is 1.60. The fraction of sp³-hybridized carbons (Fsp3) is 0.231. The van der Waals surface area contributed by atoms with Crippen LogP contribution in [0.5, 0.6) is 0 Å². The number of rotatable bonds is 4. The van der Waals surface area contributed by atoms with Crippen LogP contribution in [0.1, 0.15) is 21.9 Å². The van der Waals surface area contributed by atoms with Gasteiger partial charge in [-0.3, -0.25) is 4.79 Å². The highest BCUT2D eigenvalue weighted by atomic mass is 16.1. The number of imidazole rings is 1. The van der Waals surface area contributed by atoms with E-state index in [0.29, 0.717) is 12.2 Å². The monoisotopic (exact) mass is 229 g/mol. The van der Waals surface area contributed by atoms with Gasteiger partial charge in [-0.25, -0.2) is 4.98 Å². The molecule has 4 heteroatoms. The maximum atomic E-state index is 11.7. The lowest BCUT2D eigenvalue weighted by molar-refractivity contribution is 0.0949. The number of hydrogen-bond acceptors (Lipinski definition) is 2. The van der Waals surface area contributed by atoms with Crippen LogP contribution in [0, 0.1) is 6.92 Å². The van der Waals surface area contributed by atoms with Crippen LogP contribution < -0.4 is 5.32 Å². The van der Waals surface area contributed by atoms with Crippen LogP contribution in [0.2, 0.25) is 0 Å². The first-order valence-electron chi connectivity index (χ1n) is 5.59. The number of nitrogens with zero attached hydrogens (tertiary/aromatic N) is 1. The van der Waals surface area contributed by atoms with E-state index in [1.54, 1.807) is 6.20 Å². The molecule has 0 spiro atoms. The molecule has 0 unspecified atom stereocenters. The molecular weight excluding hydrogens is 214 g/mol. The van der Waals surface area contributed by atoms with E-state index >= 15 is 0 Å². The molecule has 2 aromatic rings. The lowest BCUT2D eigenvalue weighted by atomic mass is 10.1. The molecule has 0 radical (unpaired) electrons. The van der Waals surface area contributed by atoms with Gasteiger partial charge in [0.15, 0.2) is 0 Å². The van der Waals surface area contributed by atoms with Gasteiger partial charge in [0, 0.05) is 6.54 Å². The molecule has 1 aromatic carbocycles. The molecule has 1 amide bonds. The number of aromatic nitrogens is 2. The first kappa shape index (κ1) is 11.4. The number of aromatic amines is 1. The standard InChI is InChI=1S/C13H15N3O/c1-10-15-9-12(16-10)13(17)14-8-7-11-5-3-2-4-6-11/h2-6,9H,7-8H2,1H3,(H,14,17)(H,15,16). The Hall–Kier alpha value is -2.10.